The standard InChI is InChI=1S/C19H27ClN2O2/c1-21-14-15-6-10-22(11-7-15)18(23)19(8-12-24-13-9-19)16-4-2-3-5-17(16)20/h2-5,15,21H,6-14H2,1H3. The van der Waals surface area contributed by atoms with Crippen LogP contribution < -0.4 is 5.32 Å². The molecule has 2 aliphatic rings. The lowest BCUT2D eigenvalue weighted by Gasteiger charge is -2.42. The lowest BCUT2D eigenvalue weighted by atomic mass is 9.72. The molecule has 3 rings (SSSR count). The Balaban J connectivity index is 1.82. The predicted molar refractivity (Wildman–Crippen MR) is 96.4 cm³/mol. The summed E-state index contributed by atoms with van der Waals surface area (Å²) in [5.74, 6) is 0.909. The van der Waals surface area contributed by atoms with E-state index in [9.17, 15) is 4.79 Å². The Morgan fingerprint density at radius 3 is 2.58 bits per heavy atom. The first-order valence-corrected chi connectivity index (χ1v) is 9.32. The molecule has 0 unspecified atom stereocenters. The number of amides is 1. The van der Waals surface area contributed by atoms with E-state index in [-0.39, 0.29) is 5.91 Å². The average molecular weight is 351 g/mol. The van der Waals surface area contributed by atoms with Gasteiger partial charge in [-0.05, 0) is 56.8 Å². The maximum absolute atomic E-state index is 13.5. The lowest BCUT2D eigenvalue weighted by molar-refractivity contribution is -0.142. The van der Waals surface area contributed by atoms with E-state index in [4.69, 9.17) is 16.3 Å². The van der Waals surface area contributed by atoms with Gasteiger partial charge in [-0.1, -0.05) is 29.8 Å². The minimum absolute atomic E-state index is 0.238. The second-order valence-electron chi connectivity index (χ2n) is 6.97. The molecule has 2 heterocycles. The normalized spacial score (nSPS) is 21.7. The molecule has 5 heteroatoms. The second-order valence-corrected chi connectivity index (χ2v) is 7.37. The van der Waals surface area contributed by atoms with E-state index in [0.29, 0.717) is 37.0 Å². The highest BCUT2D eigenvalue weighted by Crippen LogP contribution is 2.40. The number of likely N-dealkylation sites (tertiary alicyclic amines) is 1. The highest BCUT2D eigenvalue weighted by molar-refractivity contribution is 6.31. The van der Waals surface area contributed by atoms with Crippen molar-refractivity contribution in [3.8, 4) is 0 Å². The van der Waals surface area contributed by atoms with Crippen LogP contribution in [-0.4, -0.2) is 50.7 Å². The third-order valence-electron chi connectivity index (χ3n) is 5.54. The minimum Gasteiger partial charge on any atom is -0.381 e. The van der Waals surface area contributed by atoms with Gasteiger partial charge in [-0.3, -0.25) is 4.79 Å². The first kappa shape index (κ1) is 17.7. The van der Waals surface area contributed by atoms with Gasteiger partial charge in [-0.2, -0.15) is 0 Å². The summed E-state index contributed by atoms with van der Waals surface area (Å²) in [6.45, 7) is 3.96. The summed E-state index contributed by atoms with van der Waals surface area (Å²) < 4.78 is 5.55. The Morgan fingerprint density at radius 2 is 1.96 bits per heavy atom. The lowest BCUT2D eigenvalue weighted by Crippen LogP contribution is -2.52. The smallest absolute Gasteiger partial charge is 0.233 e. The molecule has 2 fully saturated rings. The molecule has 0 spiro atoms. The maximum atomic E-state index is 13.5. The van der Waals surface area contributed by atoms with E-state index in [2.05, 4.69) is 10.2 Å². The molecular weight excluding hydrogens is 324 g/mol. The largest absolute Gasteiger partial charge is 0.381 e. The van der Waals surface area contributed by atoms with Crippen LogP contribution in [0.15, 0.2) is 24.3 Å². The van der Waals surface area contributed by atoms with Crippen molar-refractivity contribution in [1.29, 1.82) is 0 Å². The number of carbonyl (C=O) groups excluding carboxylic acids is 1. The number of hydrogen-bond donors (Lipinski definition) is 1. The topological polar surface area (TPSA) is 41.6 Å². The van der Waals surface area contributed by atoms with Crippen LogP contribution in [0.3, 0.4) is 0 Å². The number of hydrogen-bond acceptors (Lipinski definition) is 3. The van der Waals surface area contributed by atoms with Crippen molar-refractivity contribution in [2.45, 2.75) is 31.1 Å². The van der Waals surface area contributed by atoms with Gasteiger partial charge in [0.1, 0.15) is 0 Å². The summed E-state index contributed by atoms with van der Waals surface area (Å²) in [6.07, 6.45) is 3.57. The van der Waals surface area contributed by atoms with Gasteiger partial charge in [0.15, 0.2) is 0 Å². The third kappa shape index (κ3) is 3.46. The van der Waals surface area contributed by atoms with Crippen molar-refractivity contribution in [3.05, 3.63) is 34.9 Å². The average Bonchev–Trinajstić information content (AvgIpc) is 2.63. The number of piperidine rings is 1. The van der Waals surface area contributed by atoms with Crippen LogP contribution in [-0.2, 0) is 14.9 Å². The fourth-order valence-corrected chi connectivity index (χ4v) is 4.42. The molecular formula is C19H27ClN2O2. The Morgan fingerprint density at radius 1 is 1.29 bits per heavy atom. The van der Waals surface area contributed by atoms with E-state index in [0.717, 1.165) is 38.0 Å². The third-order valence-corrected chi connectivity index (χ3v) is 5.87. The van der Waals surface area contributed by atoms with Gasteiger partial charge in [0.25, 0.3) is 0 Å². The van der Waals surface area contributed by atoms with Crippen LogP contribution in [0.1, 0.15) is 31.2 Å². The molecule has 1 N–H and O–H groups in total. The van der Waals surface area contributed by atoms with Gasteiger partial charge < -0.3 is 15.0 Å². The Labute approximate surface area is 149 Å². The summed E-state index contributed by atoms with van der Waals surface area (Å²) in [4.78, 5) is 15.5. The molecule has 0 atom stereocenters. The number of benzene rings is 1. The molecule has 0 saturated carbocycles. The van der Waals surface area contributed by atoms with Crippen molar-refractivity contribution in [1.82, 2.24) is 10.2 Å². The van der Waals surface area contributed by atoms with E-state index in [1.54, 1.807) is 0 Å². The van der Waals surface area contributed by atoms with Gasteiger partial charge in [-0.15, -0.1) is 0 Å². The second kappa shape index (κ2) is 7.85. The maximum Gasteiger partial charge on any atom is 0.233 e. The zero-order valence-corrected chi connectivity index (χ0v) is 15.1. The van der Waals surface area contributed by atoms with E-state index < -0.39 is 5.41 Å². The minimum atomic E-state index is -0.521. The molecule has 4 nitrogen and oxygen atoms in total. The summed E-state index contributed by atoms with van der Waals surface area (Å²) in [5.41, 5.74) is 0.448. The van der Waals surface area contributed by atoms with E-state index in [1.807, 2.05) is 31.3 Å². The molecule has 2 aliphatic heterocycles. The van der Waals surface area contributed by atoms with E-state index >= 15 is 0 Å². The van der Waals surface area contributed by atoms with Gasteiger partial charge >= 0.3 is 0 Å². The number of ether oxygens (including phenoxy) is 1. The molecule has 0 bridgehead atoms. The number of halogens is 1. The molecule has 0 radical (unpaired) electrons. The van der Waals surface area contributed by atoms with Crippen molar-refractivity contribution in [2.75, 3.05) is 39.9 Å². The van der Waals surface area contributed by atoms with Gasteiger partial charge in [0, 0.05) is 31.3 Å². The van der Waals surface area contributed by atoms with Crippen LogP contribution in [0.25, 0.3) is 0 Å². The van der Waals surface area contributed by atoms with E-state index in [1.165, 1.54) is 0 Å². The highest BCUT2D eigenvalue weighted by atomic mass is 35.5. The van der Waals surface area contributed by atoms with Crippen LogP contribution in [0, 0.1) is 5.92 Å². The predicted octanol–water partition coefficient (Wildman–Crippen LogP) is 2.85. The molecule has 24 heavy (non-hydrogen) atoms. The number of rotatable bonds is 4. The summed E-state index contributed by atoms with van der Waals surface area (Å²) >= 11 is 6.47. The zero-order valence-electron chi connectivity index (χ0n) is 14.4. The molecule has 1 aromatic rings. The molecule has 0 aromatic heterocycles. The Hall–Kier alpha value is -1.10. The van der Waals surface area contributed by atoms with Gasteiger partial charge in [0.2, 0.25) is 5.91 Å². The van der Waals surface area contributed by atoms with Crippen molar-refractivity contribution >= 4 is 17.5 Å². The molecule has 0 aliphatic carbocycles. The molecule has 2 saturated heterocycles. The van der Waals surface area contributed by atoms with Crippen LogP contribution >= 0.6 is 11.6 Å². The Kier molecular flexibility index (Phi) is 5.80. The van der Waals surface area contributed by atoms with Crippen molar-refractivity contribution in [2.24, 2.45) is 5.92 Å². The summed E-state index contributed by atoms with van der Waals surface area (Å²) in [7, 11) is 1.99. The van der Waals surface area contributed by atoms with Crippen LogP contribution in [0.5, 0.6) is 0 Å². The van der Waals surface area contributed by atoms with Gasteiger partial charge in [0.05, 0.1) is 5.41 Å². The number of carbonyl (C=O) groups is 1. The fraction of sp³-hybridized carbons (Fsp3) is 0.632. The Bertz CT molecular complexity index is 564. The van der Waals surface area contributed by atoms with Crippen LogP contribution in [0.2, 0.25) is 5.02 Å². The highest BCUT2D eigenvalue weighted by Gasteiger charge is 2.45. The summed E-state index contributed by atoms with van der Waals surface area (Å²) in [6, 6.07) is 7.80. The van der Waals surface area contributed by atoms with Gasteiger partial charge in [-0.25, -0.2) is 0 Å². The molecule has 1 amide bonds. The zero-order chi connectivity index (χ0) is 17.0. The van der Waals surface area contributed by atoms with Crippen molar-refractivity contribution < 1.29 is 9.53 Å². The summed E-state index contributed by atoms with van der Waals surface area (Å²) in [5, 5.41) is 3.94. The monoisotopic (exact) mass is 350 g/mol. The van der Waals surface area contributed by atoms with Crippen LogP contribution in [0.4, 0.5) is 0 Å². The SMILES string of the molecule is CNCC1CCN(C(=O)C2(c3ccccc3Cl)CCOCC2)CC1. The fourth-order valence-electron chi connectivity index (χ4n) is 4.10. The molecule has 132 valence electrons. The molecule has 1 aromatic carbocycles. The first-order chi connectivity index (χ1) is 11.7. The van der Waals surface area contributed by atoms with Crippen molar-refractivity contribution in [3.63, 3.8) is 0 Å². The quantitative estimate of drug-likeness (QED) is 0.907. The number of nitrogens with one attached hydrogen (secondary N) is 1. The first-order valence-electron chi connectivity index (χ1n) is 8.94. The number of nitrogens with zero attached hydrogens (tertiary/aromatic N) is 1.